The summed E-state index contributed by atoms with van der Waals surface area (Å²) >= 11 is 0. The summed E-state index contributed by atoms with van der Waals surface area (Å²) in [6, 6.07) is 0. The molecule has 92 valence electrons. The van der Waals surface area contributed by atoms with Gasteiger partial charge in [-0.25, -0.2) is 0 Å². The molecule has 0 rings (SSSR count). The van der Waals surface area contributed by atoms with Gasteiger partial charge in [0.25, 0.3) is 0 Å². The van der Waals surface area contributed by atoms with Gasteiger partial charge in [0.2, 0.25) is 0 Å². The van der Waals surface area contributed by atoms with Crippen LogP contribution in [-0.2, 0) is 0 Å². The highest BCUT2D eigenvalue weighted by Crippen LogP contribution is 1.46. The van der Waals surface area contributed by atoms with Gasteiger partial charge in [-0.1, -0.05) is 24.0 Å². The molecule has 6 N–H and O–H groups in total. The van der Waals surface area contributed by atoms with Crippen LogP contribution in [0.15, 0.2) is 25.3 Å². The molecule has 0 radical (unpaired) electrons. The lowest BCUT2D eigenvalue weighted by atomic mass is 10.7. The Morgan fingerprint density at radius 2 is 1.31 bits per heavy atom. The van der Waals surface area contributed by atoms with Crippen molar-refractivity contribution in [3.8, 4) is 24.7 Å². The minimum absolute atomic E-state index is 0.0833. The van der Waals surface area contributed by atoms with Crippen LogP contribution in [0.4, 0.5) is 0 Å². The second-order valence-electron chi connectivity index (χ2n) is 1.77. The number of nitrogens with two attached hydrogens (primary N) is 2. The Kier molecular flexibility index (Phi) is 75.0. The second-order valence-corrected chi connectivity index (χ2v) is 1.77. The van der Waals surface area contributed by atoms with Gasteiger partial charge in [-0.3, -0.25) is 0 Å². The van der Waals surface area contributed by atoms with Crippen molar-refractivity contribution in [3.05, 3.63) is 25.3 Å². The summed E-state index contributed by atoms with van der Waals surface area (Å²) in [6.45, 7) is 7.44. The van der Waals surface area contributed by atoms with Crippen LogP contribution >= 0.6 is 0 Å². The Hall–Kier alpha value is -1.56. The van der Waals surface area contributed by atoms with Gasteiger partial charge < -0.3 is 21.7 Å². The predicted octanol–water partition coefficient (Wildman–Crippen LogP) is -0.514. The summed E-state index contributed by atoms with van der Waals surface area (Å²) in [7, 11) is 0. The molecule has 0 aliphatic heterocycles. The zero-order chi connectivity index (χ0) is 13.7. The van der Waals surface area contributed by atoms with Crippen molar-refractivity contribution in [3.63, 3.8) is 0 Å². The van der Waals surface area contributed by atoms with Crippen LogP contribution < -0.4 is 11.5 Å². The summed E-state index contributed by atoms with van der Waals surface area (Å²) in [5.74, 6) is 4.19. The Bertz CT molecular complexity index is 168. The first-order valence-corrected chi connectivity index (χ1v) is 4.37. The monoisotopic (exact) mass is 226 g/mol. The van der Waals surface area contributed by atoms with Crippen LogP contribution in [0.5, 0.6) is 0 Å². The fraction of sp³-hybridized carbons (Fsp3) is 0.333. The van der Waals surface area contributed by atoms with E-state index in [1.165, 1.54) is 6.08 Å². The van der Waals surface area contributed by atoms with Crippen LogP contribution in [0.1, 0.15) is 0 Å². The van der Waals surface area contributed by atoms with Crippen molar-refractivity contribution < 1.29 is 10.2 Å². The molecule has 0 saturated heterocycles. The van der Waals surface area contributed by atoms with Gasteiger partial charge in [-0.05, 0) is 0 Å². The Balaban J connectivity index is -0.0000000600. The van der Waals surface area contributed by atoms with Crippen LogP contribution in [0.2, 0.25) is 0 Å². The third-order valence-corrected chi connectivity index (χ3v) is 0.505. The van der Waals surface area contributed by atoms with E-state index in [4.69, 9.17) is 21.7 Å². The SMILES string of the molecule is C#CCN.C#CCO.C=CCN.C=CCO. The Labute approximate surface area is 98.7 Å². The van der Waals surface area contributed by atoms with E-state index < -0.39 is 0 Å². The van der Waals surface area contributed by atoms with E-state index in [0.717, 1.165) is 0 Å². The highest BCUT2D eigenvalue weighted by atomic mass is 16.3. The van der Waals surface area contributed by atoms with Crippen molar-refractivity contribution in [2.75, 3.05) is 26.3 Å². The molecule has 4 heteroatoms. The maximum atomic E-state index is 7.76. The molecule has 0 aliphatic carbocycles. The largest absolute Gasteiger partial charge is 0.392 e. The third kappa shape index (κ3) is 273. The van der Waals surface area contributed by atoms with E-state index in [1.807, 2.05) is 5.92 Å². The third-order valence-electron chi connectivity index (χ3n) is 0.505. The summed E-state index contributed by atoms with van der Waals surface area (Å²) in [4.78, 5) is 0. The number of aliphatic hydroxyl groups excluding tert-OH is 2. The van der Waals surface area contributed by atoms with Crippen molar-refractivity contribution in [2.24, 2.45) is 11.5 Å². The molecule has 0 amide bonds. The van der Waals surface area contributed by atoms with Gasteiger partial charge in [-0.15, -0.1) is 26.0 Å². The van der Waals surface area contributed by atoms with Gasteiger partial charge in [0.05, 0.1) is 13.2 Å². The molecule has 0 saturated carbocycles. The smallest absolute Gasteiger partial charge is 0.103 e. The lowest BCUT2D eigenvalue weighted by Crippen LogP contribution is -1.91. The molecule has 0 aromatic carbocycles. The van der Waals surface area contributed by atoms with E-state index in [2.05, 4.69) is 31.9 Å². The molecule has 0 aromatic heterocycles. The first-order chi connectivity index (χ1) is 7.66. The minimum atomic E-state index is -0.153. The first-order valence-electron chi connectivity index (χ1n) is 4.37. The average molecular weight is 226 g/mol. The topological polar surface area (TPSA) is 92.5 Å². The molecule has 0 unspecified atom stereocenters. The fourth-order valence-electron chi connectivity index (χ4n) is 0. The number of hydrogen-bond donors (Lipinski definition) is 4. The first kappa shape index (κ1) is 23.9. The summed E-state index contributed by atoms with van der Waals surface area (Å²) in [5.41, 5.74) is 9.70. The van der Waals surface area contributed by atoms with Gasteiger partial charge in [0.15, 0.2) is 0 Å². The molecule has 4 nitrogen and oxygen atoms in total. The summed E-state index contributed by atoms with van der Waals surface area (Å²) in [6.07, 6.45) is 12.3. The molecule has 0 bridgehead atoms. The normalized spacial score (nSPS) is 5.62. The lowest BCUT2D eigenvalue weighted by molar-refractivity contribution is 0.343. The molecule has 0 aliphatic rings. The zero-order valence-electron chi connectivity index (χ0n) is 9.60. The molecular formula is C12H22N2O2. The van der Waals surface area contributed by atoms with Crippen LogP contribution in [0, 0.1) is 24.7 Å². The van der Waals surface area contributed by atoms with Crippen molar-refractivity contribution in [1.82, 2.24) is 0 Å². The summed E-state index contributed by atoms with van der Waals surface area (Å²) in [5, 5.41) is 15.4. The minimum Gasteiger partial charge on any atom is -0.392 e. The van der Waals surface area contributed by atoms with E-state index in [9.17, 15) is 0 Å². The molecule has 0 fully saturated rings. The van der Waals surface area contributed by atoms with Gasteiger partial charge >= 0.3 is 0 Å². The molecule has 0 spiro atoms. The predicted molar refractivity (Wildman–Crippen MR) is 70.3 cm³/mol. The number of hydrogen-bond acceptors (Lipinski definition) is 4. The van der Waals surface area contributed by atoms with Crippen LogP contribution in [0.3, 0.4) is 0 Å². The van der Waals surface area contributed by atoms with Crippen molar-refractivity contribution in [1.29, 1.82) is 0 Å². The van der Waals surface area contributed by atoms with E-state index in [1.54, 1.807) is 6.08 Å². The van der Waals surface area contributed by atoms with Gasteiger partial charge in [0, 0.05) is 6.54 Å². The van der Waals surface area contributed by atoms with Gasteiger partial charge in [-0.2, -0.15) is 0 Å². The van der Waals surface area contributed by atoms with E-state index >= 15 is 0 Å². The molecule has 0 atom stereocenters. The standard InChI is InChI=1S/C3H7N.C3H5N.C3H6O.C3H4O/c4*1-2-3-4/h2H,1,3-4H2;1H,3-4H2;2,4H,1,3H2;1,4H,3H2. The maximum Gasteiger partial charge on any atom is 0.103 e. The van der Waals surface area contributed by atoms with Gasteiger partial charge in [0.1, 0.15) is 6.61 Å². The highest BCUT2D eigenvalue weighted by Gasteiger charge is 1.45. The molecular weight excluding hydrogens is 204 g/mol. The Morgan fingerprint density at radius 1 is 1.06 bits per heavy atom. The van der Waals surface area contributed by atoms with Crippen LogP contribution in [-0.4, -0.2) is 36.5 Å². The number of aliphatic hydroxyl groups is 2. The lowest BCUT2D eigenvalue weighted by Gasteiger charge is -1.61. The zero-order valence-corrected chi connectivity index (χ0v) is 9.60. The quantitative estimate of drug-likeness (QED) is 0.377. The second kappa shape index (κ2) is 50.1. The molecule has 16 heavy (non-hydrogen) atoms. The Morgan fingerprint density at radius 3 is 1.31 bits per heavy atom. The molecule has 0 heterocycles. The van der Waals surface area contributed by atoms with E-state index in [-0.39, 0.29) is 13.2 Å². The number of rotatable bonds is 2. The molecule has 0 aromatic rings. The highest BCUT2D eigenvalue weighted by molar-refractivity contribution is 4.83. The fourth-order valence-corrected chi connectivity index (χ4v) is 0. The maximum absolute atomic E-state index is 7.76. The van der Waals surface area contributed by atoms with Crippen molar-refractivity contribution >= 4 is 0 Å². The summed E-state index contributed by atoms with van der Waals surface area (Å²) < 4.78 is 0. The average Bonchev–Trinajstić information content (AvgIpc) is 2.39. The van der Waals surface area contributed by atoms with Crippen molar-refractivity contribution in [2.45, 2.75) is 0 Å². The van der Waals surface area contributed by atoms with Crippen LogP contribution in [0.25, 0.3) is 0 Å². The van der Waals surface area contributed by atoms with E-state index in [0.29, 0.717) is 13.1 Å². The number of terminal acetylenes is 2.